The Morgan fingerprint density at radius 1 is 1.14 bits per heavy atom. The highest BCUT2D eigenvalue weighted by Crippen LogP contribution is 2.23. The van der Waals surface area contributed by atoms with Gasteiger partial charge in [0.05, 0.1) is 16.6 Å². The summed E-state index contributed by atoms with van der Waals surface area (Å²) in [6, 6.07) is 12.4. The predicted octanol–water partition coefficient (Wildman–Crippen LogP) is 2.91. The smallest absolute Gasteiger partial charge is 0.331 e. The normalized spacial score (nSPS) is 11.0. The van der Waals surface area contributed by atoms with Crippen LogP contribution in [0.3, 0.4) is 0 Å². The molecule has 0 aliphatic rings. The largest absolute Gasteiger partial charge is 0.385 e. The maximum absolute atomic E-state index is 13.0. The number of para-hydroxylation sites is 1. The number of carbonyl (C=O) groups excluding carboxylic acids is 1. The van der Waals surface area contributed by atoms with Gasteiger partial charge in [0.2, 0.25) is 5.91 Å². The van der Waals surface area contributed by atoms with E-state index >= 15 is 0 Å². The van der Waals surface area contributed by atoms with Crippen LogP contribution in [0.1, 0.15) is 12.0 Å². The zero-order valence-corrected chi connectivity index (χ0v) is 17.9. The van der Waals surface area contributed by atoms with Gasteiger partial charge in [-0.15, -0.1) is 0 Å². The fourth-order valence-corrected chi connectivity index (χ4v) is 3.74. The van der Waals surface area contributed by atoms with Gasteiger partial charge >= 0.3 is 5.69 Å². The van der Waals surface area contributed by atoms with Crippen molar-refractivity contribution in [2.24, 2.45) is 0 Å². The van der Waals surface area contributed by atoms with Crippen LogP contribution in [0.15, 0.2) is 56.5 Å². The third kappa shape index (κ3) is 4.65. The summed E-state index contributed by atoms with van der Waals surface area (Å²) in [5.74, 6) is -0.358. The summed E-state index contributed by atoms with van der Waals surface area (Å²) in [4.78, 5) is 38.4. The van der Waals surface area contributed by atoms with E-state index < -0.39 is 5.69 Å². The predicted molar refractivity (Wildman–Crippen MR) is 116 cm³/mol. The van der Waals surface area contributed by atoms with Crippen molar-refractivity contribution in [2.45, 2.75) is 26.4 Å². The maximum Gasteiger partial charge on any atom is 0.331 e. The van der Waals surface area contributed by atoms with Crippen LogP contribution in [0, 0.1) is 6.92 Å². The molecule has 0 saturated carbocycles. The van der Waals surface area contributed by atoms with Crippen LogP contribution >= 0.6 is 15.9 Å². The Kier molecular flexibility index (Phi) is 6.66. The number of nitrogens with one attached hydrogen (secondary N) is 1. The fourth-order valence-electron chi connectivity index (χ4n) is 3.14. The lowest BCUT2D eigenvalue weighted by Gasteiger charge is -2.14. The van der Waals surface area contributed by atoms with Gasteiger partial charge in [0.25, 0.3) is 5.56 Å². The van der Waals surface area contributed by atoms with Crippen molar-refractivity contribution < 1.29 is 9.53 Å². The Morgan fingerprint density at radius 3 is 2.62 bits per heavy atom. The number of amides is 1. The minimum atomic E-state index is -0.511. The van der Waals surface area contributed by atoms with E-state index in [1.54, 1.807) is 37.4 Å². The molecule has 0 saturated heterocycles. The second-order valence-corrected chi connectivity index (χ2v) is 7.57. The van der Waals surface area contributed by atoms with E-state index in [1.165, 1.54) is 4.57 Å². The van der Waals surface area contributed by atoms with E-state index in [-0.39, 0.29) is 24.6 Å². The second-order valence-electron chi connectivity index (χ2n) is 6.72. The van der Waals surface area contributed by atoms with E-state index in [0.717, 1.165) is 14.6 Å². The lowest BCUT2D eigenvalue weighted by molar-refractivity contribution is -0.116. The highest BCUT2D eigenvalue weighted by atomic mass is 79.9. The van der Waals surface area contributed by atoms with Gasteiger partial charge in [-0.05, 0) is 59.1 Å². The Morgan fingerprint density at radius 2 is 1.90 bits per heavy atom. The molecule has 0 aliphatic heterocycles. The van der Waals surface area contributed by atoms with Crippen molar-refractivity contribution in [1.29, 1.82) is 0 Å². The Hall–Kier alpha value is -2.71. The Balaban J connectivity index is 1.98. The molecule has 8 heteroatoms. The molecule has 7 nitrogen and oxygen atoms in total. The van der Waals surface area contributed by atoms with Gasteiger partial charge < -0.3 is 10.1 Å². The highest BCUT2D eigenvalue weighted by Gasteiger charge is 2.15. The number of aromatic nitrogens is 2. The third-order valence-electron chi connectivity index (χ3n) is 4.56. The second kappa shape index (κ2) is 9.19. The van der Waals surface area contributed by atoms with E-state index in [1.807, 2.05) is 19.1 Å². The topological polar surface area (TPSA) is 82.3 Å². The number of rotatable bonds is 7. The van der Waals surface area contributed by atoms with Gasteiger partial charge in [0.1, 0.15) is 6.54 Å². The van der Waals surface area contributed by atoms with Crippen molar-refractivity contribution in [1.82, 2.24) is 9.13 Å². The van der Waals surface area contributed by atoms with Crippen molar-refractivity contribution in [3.63, 3.8) is 0 Å². The van der Waals surface area contributed by atoms with Gasteiger partial charge in [0.15, 0.2) is 0 Å². The molecule has 0 spiro atoms. The van der Waals surface area contributed by atoms with Crippen LogP contribution in [0.2, 0.25) is 0 Å². The van der Waals surface area contributed by atoms with Crippen LogP contribution in [0.4, 0.5) is 5.69 Å². The molecule has 0 unspecified atom stereocenters. The van der Waals surface area contributed by atoms with Crippen molar-refractivity contribution in [3.05, 3.63) is 73.3 Å². The SMILES string of the molecule is COCCCn1c(=O)c2ccccc2n(CC(=O)Nc2ccc(C)cc2Br)c1=O. The molecule has 1 N–H and O–H groups in total. The molecule has 0 bridgehead atoms. The number of benzene rings is 2. The summed E-state index contributed by atoms with van der Waals surface area (Å²) >= 11 is 3.43. The number of methoxy groups -OCH3 is 1. The summed E-state index contributed by atoms with van der Waals surface area (Å²) in [7, 11) is 1.56. The molecule has 0 radical (unpaired) electrons. The number of halogens is 1. The number of aryl methyl sites for hydroxylation is 1. The molecular formula is C21H22BrN3O4. The average Bonchev–Trinajstić information content (AvgIpc) is 2.70. The molecule has 0 fully saturated rings. The van der Waals surface area contributed by atoms with Crippen molar-refractivity contribution in [3.8, 4) is 0 Å². The van der Waals surface area contributed by atoms with E-state index in [9.17, 15) is 14.4 Å². The standard InChI is InChI=1S/C21H22BrN3O4/c1-14-8-9-17(16(22)12-14)23-19(26)13-25-18-7-4-3-6-15(18)20(27)24(21(25)28)10-5-11-29-2/h3-4,6-9,12H,5,10-11,13H2,1-2H3,(H,23,26). The van der Waals surface area contributed by atoms with Crippen LogP contribution in [0.5, 0.6) is 0 Å². The summed E-state index contributed by atoms with van der Waals surface area (Å²) in [6.07, 6.45) is 0.520. The zero-order valence-electron chi connectivity index (χ0n) is 16.3. The average molecular weight is 460 g/mol. The summed E-state index contributed by atoms with van der Waals surface area (Å²) in [5.41, 5.74) is 1.23. The van der Waals surface area contributed by atoms with Gasteiger partial charge in [0, 0.05) is 24.7 Å². The maximum atomic E-state index is 13.0. The van der Waals surface area contributed by atoms with E-state index in [0.29, 0.717) is 29.6 Å². The minimum absolute atomic E-state index is 0.204. The first-order chi connectivity index (χ1) is 13.9. The number of fused-ring (bicyclic) bond motifs is 1. The van der Waals surface area contributed by atoms with E-state index in [4.69, 9.17) is 4.74 Å². The third-order valence-corrected chi connectivity index (χ3v) is 5.22. The highest BCUT2D eigenvalue weighted by molar-refractivity contribution is 9.10. The van der Waals surface area contributed by atoms with Crippen LogP contribution in [-0.2, 0) is 22.6 Å². The van der Waals surface area contributed by atoms with E-state index in [2.05, 4.69) is 21.2 Å². The zero-order chi connectivity index (χ0) is 21.0. The first-order valence-electron chi connectivity index (χ1n) is 9.19. The molecule has 1 heterocycles. The number of carbonyl (C=O) groups is 1. The van der Waals surface area contributed by atoms with Crippen LogP contribution in [0.25, 0.3) is 10.9 Å². The van der Waals surface area contributed by atoms with Gasteiger partial charge in [-0.25, -0.2) is 4.79 Å². The van der Waals surface area contributed by atoms with Gasteiger partial charge in [-0.2, -0.15) is 0 Å². The number of hydrogen-bond acceptors (Lipinski definition) is 4. The number of ether oxygens (including phenoxy) is 1. The molecular weight excluding hydrogens is 438 g/mol. The monoisotopic (exact) mass is 459 g/mol. The van der Waals surface area contributed by atoms with Crippen LogP contribution < -0.4 is 16.6 Å². The first kappa shape index (κ1) is 21.0. The number of hydrogen-bond donors (Lipinski definition) is 1. The van der Waals surface area contributed by atoms with Crippen LogP contribution in [-0.4, -0.2) is 28.8 Å². The molecule has 3 rings (SSSR count). The number of anilines is 1. The lowest BCUT2D eigenvalue weighted by Crippen LogP contribution is -2.42. The minimum Gasteiger partial charge on any atom is -0.385 e. The fraction of sp³-hybridized carbons (Fsp3) is 0.286. The molecule has 1 amide bonds. The molecule has 1 aromatic heterocycles. The quantitative estimate of drug-likeness (QED) is 0.550. The summed E-state index contributed by atoms with van der Waals surface area (Å²) < 4.78 is 8.27. The van der Waals surface area contributed by atoms with Gasteiger partial charge in [-0.3, -0.25) is 18.7 Å². The first-order valence-corrected chi connectivity index (χ1v) is 9.99. The van der Waals surface area contributed by atoms with Crippen molar-refractivity contribution >= 4 is 38.4 Å². The summed E-state index contributed by atoms with van der Waals surface area (Å²) in [6.45, 7) is 2.40. The molecule has 3 aromatic rings. The number of nitrogens with zero attached hydrogens (tertiary/aromatic N) is 2. The van der Waals surface area contributed by atoms with Crippen molar-refractivity contribution in [2.75, 3.05) is 19.0 Å². The molecule has 0 aliphatic carbocycles. The Labute approximate surface area is 176 Å². The molecule has 152 valence electrons. The summed E-state index contributed by atoms with van der Waals surface area (Å²) in [5, 5.41) is 3.21. The Bertz CT molecular complexity index is 1170. The molecule has 2 aromatic carbocycles. The lowest BCUT2D eigenvalue weighted by atomic mass is 10.2. The molecule has 0 atom stereocenters. The molecule has 29 heavy (non-hydrogen) atoms. The van der Waals surface area contributed by atoms with Gasteiger partial charge in [-0.1, -0.05) is 18.2 Å².